The van der Waals surface area contributed by atoms with Gasteiger partial charge in [-0.3, -0.25) is 4.79 Å². The van der Waals surface area contributed by atoms with E-state index in [4.69, 9.17) is 17.3 Å². The number of carbonyl (C=O) groups is 1. The first-order valence-electron chi connectivity index (χ1n) is 7.18. The second-order valence-electron chi connectivity index (χ2n) is 5.39. The Balaban J connectivity index is 2.11. The zero-order valence-corrected chi connectivity index (χ0v) is 13.7. The van der Waals surface area contributed by atoms with Gasteiger partial charge in [-0.05, 0) is 35.7 Å². The lowest BCUT2D eigenvalue weighted by atomic mass is 10.1. The Morgan fingerprint density at radius 3 is 2.74 bits per heavy atom. The van der Waals surface area contributed by atoms with Gasteiger partial charge in [0.05, 0.1) is 17.6 Å². The fourth-order valence-electron chi connectivity index (χ4n) is 3.05. The van der Waals surface area contributed by atoms with Crippen molar-refractivity contribution in [1.29, 1.82) is 0 Å². The number of amides is 1. The molecule has 5 heteroatoms. The third kappa shape index (κ3) is 2.31. The first kappa shape index (κ1) is 14.3. The molecule has 1 amide bonds. The van der Waals surface area contributed by atoms with Gasteiger partial charge >= 0.3 is 0 Å². The highest BCUT2D eigenvalue weighted by Crippen LogP contribution is 2.34. The number of nitrogens with zero attached hydrogens (tertiary/aromatic N) is 1. The van der Waals surface area contributed by atoms with E-state index in [0.717, 1.165) is 28.4 Å². The molecular weight excluding hydrogens is 328 g/mol. The average molecular weight is 341 g/mol. The van der Waals surface area contributed by atoms with E-state index in [9.17, 15) is 4.79 Å². The van der Waals surface area contributed by atoms with Crippen molar-refractivity contribution in [3.8, 4) is 0 Å². The Morgan fingerprint density at radius 2 is 2.00 bits per heavy atom. The Morgan fingerprint density at radius 1 is 1.13 bits per heavy atom. The summed E-state index contributed by atoms with van der Waals surface area (Å²) < 4.78 is 2.19. The maximum absolute atomic E-state index is 11.8. The quantitative estimate of drug-likeness (QED) is 0.579. The van der Waals surface area contributed by atoms with Crippen LogP contribution in [0.3, 0.4) is 0 Å². The van der Waals surface area contributed by atoms with E-state index in [2.05, 4.69) is 16.0 Å². The molecule has 2 heterocycles. The van der Waals surface area contributed by atoms with E-state index in [0.29, 0.717) is 10.6 Å². The van der Waals surface area contributed by atoms with Crippen LogP contribution in [-0.2, 0) is 6.54 Å². The van der Waals surface area contributed by atoms with Crippen molar-refractivity contribution in [1.82, 2.24) is 4.57 Å². The predicted octanol–water partition coefficient (Wildman–Crippen LogP) is 4.66. The highest BCUT2D eigenvalue weighted by atomic mass is 35.5. The number of fused-ring (bicyclic) bond motifs is 3. The summed E-state index contributed by atoms with van der Waals surface area (Å²) in [4.78, 5) is 13.1. The number of benzene rings is 2. The van der Waals surface area contributed by atoms with Gasteiger partial charge < -0.3 is 10.3 Å². The fraction of sp³-hybridized carbons (Fsp3) is 0.0556. The molecule has 4 aromatic rings. The van der Waals surface area contributed by atoms with Crippen LogP contribution in [0.25, 0.3) is 21.8 Å². The Kier molecular flexibility index (Phi) is 3.36. The number of halogens is 1. The molecule has 0 saturated heterocycles. The van der Waals surface area contributed by atoms with Crippen molar-refractivity contribution in [2.24, 2.45) is 5.73 Å². The van der Waals surface area contributed by atoms with Gasteiger partial charge in [0, 0.05) is 26.2 Å². The van der Waals surface area contributed by atoms with Crippen LogP contribution in [0.5, 0.6) is 0 Å². The minimum atomic E-state index is -0.416. The largest absolute Gasteiger partial charge is 0.366 e. The summed E-state index contributed by atoms with van der Waals surface area (Å²) in [6, 6.07) is 15.5. The van der Waals surface area contributed by atoms with Crippen LogP contribution >= 0.6 is 22.9 Å². The van der Waals surface area contributed by atoms with E-state index >= 15 is 0 Å². The molecular formula is C18H13ClN2OS. The Hall–Kier alpha value is -2.30. The average Bonchev–Trinajstić information content (AvgIpc) is 3.14. The lowest BCUT2D eigenvalue weighted by Gasteiger charge is -2.06. The van der Waals surface area contributed by atoms with Gasteiger partial charge in [0.2, 0.25) is 5.91 Å². The second-order valence-corrected chi connectivity index (χ2v) is 6.86. The van der Waals surface area contributed by atoms with Crippen LogP contribution in [0.1, 0.15) is 15.2 Å². The fourth-order valence-corrected chi connectivity index (χ4v) is 3.91. The molecule has 2 aromatic carbocycles. The van der Waals surface area contributed by atoms with Crippen LogP contribution in [0, 0.1) is 0 Å². The molecule has 2 aromatic heterocycles. The van der Waals surface area contributed by atoms with Crippen molar-refractivity contribution < 1.29 is 4.79 Å². The molecule has 0 aliphatic rings. The smallest absolute Gasteiger partial charge is 0.249 e. The molecule has 0 atom stereocenters. The molecule has 0 radical (unpaired) electrons. The standard InChI is InChI=1S/C18H13ClN2OS/c19-11-6-7-13-16(9-11)21(10-12-3-2-8-23-12)15-5-1-4-14(17(13)15)18(20)22/h1-9H,10H2,(H2,20,22). The number of primary amides is 1. The van der Waals surface area contributed by atoms with E-state index in [1.165, 1.54) is 4.88 Å². The summed E-state index contributed by atoms with van der Waals surface area (Å²) in [7, 11) is 0. The van der Waals surface area contributed by atoms with E-state index in [-0.39, 0.29) is 0 Å². The van der Waals surface area contributed by atoms with Crippen LogP contribution in [-0.4, -0.2) is 10.5 Å². The number of carbonyl (C=O) groups excluding carboxylic acids is 1. The van der Waals surface area contributed by atoms with Gasteiger partial charge in [0.25, 0.3) is 0 Å². The zero-order valence-electron chi connectivity index (χ0n) is 12.1. The number of thiophene rings is 1. The number of nitrogens with two attached hydrogens (primary N) is 1. The number of aromatic nitrogens is 1. The topological polar surface area (TPSA) is 48.0 Å². The Bertz CT molecular complexity index is 1030. The highest BCUT2D eigenvalue weighted by molar-refractivity contribution is 7.09. The first-order chi connectivity index (χ1) is 11.1. The summed E-state index contributed by atoms with van der Waals surface area (Å²) in [6.45, 7) is 0.736. The molecule has 0 spiro atoms. The van der Waals surface area contributed by atoms with E-state index in [1.807, 2.05) is 36.4 Å². The summed E-state index contributed by atoms with van der Waals surface area (Å²) in [5, 5.41) is 4.62. The minimum Gasteiger partial charge on any atom is -0.366 e. The highest BCUT2D eigenvalue weighted by Gasteiger charge is 2.16. The Labute approximate surface area is 141 Å². The molecule has 114 valence electrons. The normalized spacial score (nSPS) is 11.3. The SMILES string of the molecule is NC(=O)c1cccc2c1c1ccc(Cl)cc1n2Cc1cccs1. The molecule has 3 nitrogen and oxygen atoms in total. The molecule has 2 N–H and O–H groups in total. The van der Waals surface area contributed by atoms with Gasteiger partial charge in [-0.25, -0.2) is 0 Å². The van der Waals surface area contributed by atoms with Gasteiger partial charge in [0.15, 0.2) is 0 Å². The summed E-state index contributed by atoms with van der Waals surface area (Å²) in [6.07, 6.45) is 0. The molecule has 4 rings (SSSR count). The van der Waals surface area contributed by atoms with Gasteiger partial charge in [0.1, 0.15) is 0 Å². The molecule has 23 heavy (non-hydrogen) atoms. The third-order valence-corrected chi connectivity index (χ3v) is 5.11. The monoisotopic (exact) mass is 340 g/mol. The number of hydrogen-bond donors (Lipinski definition) is 1. The lowest BCUT2D eigenvalue weighted by molar-refractivity contribution is 0.100. The summed E-state index contributed by atoms with van der Waals surface area (Å²) in [5.74, 6) is -0.416. The number of rotatable bonds is 3. The second kappa shape index (κ2) is 5.41. The van der Waals surface area contributed by atoms with Crippen LogP contribution in [0.15, 0.2) is 53.9 Å². The van der Waals surface area contributed by atoms with Crippen LogP contribution in [0.4, 0.5) is 0 Å². The van der Waals surface area contributed by atoms with Crippen molar-refractivity contribution in [2.45, 2.75) is 6.54 Å². The van der Waals surface area contributed by atoms with Crippen LogP contribution < -0.4 is 5.73 Å². The lowest BCUT2D eigenvalue weighted by Crippen LogP contribution is -2.11. The zero-order chi connectivity index (χ0) is 16.0. The maximum Gasteiger partial charge on any atom is 0.249 e. The molecule has 0 aliphatic carbocycles. The minimum absolute atomic E-state index is 0.416. The molecule has 0 saturated carbocycles. The molecule has 0 aliphatic heterocycles. The van der Waals surface area contributed by atoms with Crippen molar-refractivity contribution in [2.75, 3.05) is 0 Å². The third-order valence-electron chi connectivity index (χ3n) is 4.01. The summed E-state index contributed by atoms with van der Waals surface area (Å²) >= 11 is 7.91. The van der Waals surface area contributed by atoms with Gasteiger partial charge in [-0.1, -0.05) is 29.8 Å². The van der Waals surface area contributed by atoms with Crippen molar-refractivity contribution in [3.63, 3.8) is 0 Å². The van der Waals surface area contributed by atoms with Crippen molar-refractivity contribution in [3.05, 3.63) is 69.4 Å². The maximum atomic E-state index is 11.8. The van der Waals surface area contributed by atoms with E-state index in [1.54, 1.807) is 17.4 Å². The first-order valence-corrected chi connectivity index (χ1v) is 8.43. The molecule has 0 unspecified atom stereocenters. The number of hydrogen-bond acceptors (Lipinski definition) is 2. The van der Waals surface area contributed by atoms with Gasteiger partial charge in [-0.15, -0.1) is 11.3 Å². The van der Waals surface area contributed by atoms with Gasteiger partial charge in [-0.2, -0.15) is 0 Å². The van der Waals surface area contributed by atoms with E-state index < -0.39 is 5.91 Å². The predicted molar refractivity (Wildman–Crippen MR) is 96.4 cm³/mol. The van der Waals surface area contributed by atoms with Crippen LogP contribution in [0.2, 0.25) is 5.02 Å². The molecule has 0 fully saturated rings. The van der Waals surface area contributed by atoms with Crippen molar-refractivity contribution >= 4 is 50.7 Å². The molecule has 0 bridgehead atoms. The summed E-state index contributed by atoms with van der Waals surface area (Å²) in [5.41, 5.74) is 8.12.